The molecule has 4 rings (SSSR count). The fraction of sp³-hybridized carbons (Fsp3) is 0.0833. The van der Waals surface area contributed by atoms with Gasteiger partial charge in [0.25, 0.3) is 17.4 Å². The van der Waals surface area contributed by atoms with Crippen LogP contribution in [0.2, 0.25) is 5.02 Å². The van der Waals surface area contributed by atoms with Gasteiger partial charge in [0.1, 0.15) is 5.76 Å². The van der Waals surface area contributed by atoms with E-state index in [1.807, 2.05) is 19.1 Å². The van der Waals surface area contributed by atoms with Gasteiger partial charge in [-0.1, -0.05) is 41.4 Å². The van der Waals surface area contributed by atoms with E-state index < -0.39 is 28.4 Å². The first-order valence-electron chi connectivity index (χ1n) is 9.66. The molecule has 7 nitrogen and oxygen atoms in total. The fourth-order valence-electron chi connectivity index (χ4n) is 3.75. The number of aryl methyl sites for hydroxylation is 1. The number of hydrogen-bond acceptors (Lipinski definition) is 5. The number of aliphatic hydroxyl groups excluding tert-OH is 1. The van der Waals surface area contributed by atoms with E-state index in [-0.39, 0.29) is 16.8 Å². The molecule has 1 heterocycles. The Kier molecular flexibility index (Phi) is 5.50. The minimum atomic E-state index is -0.883. The molecule has 0 bridgehead atoms. The molecule has 3 aromatic rings. The number of nitro benzene ring substituents is 1. The van der Waals surface area contributed by atoms with Gasteiger partial charge in [0, 0.05) is 28.4 Å². The largest absolute Gasteiger partial charge is 0.507 e. The van der Waals surface area contributed by atoms with Crippen molar-refractivity contribution in [1.29, 1.82) is 0 Å². The molecule has 8 heteroatoms. The fourth-order valence-corrected chi connectivity index (χ4v) is 3.88. The summed E-state index contributed by atoms with van der Waals surface area (Å²) in [5.41, 5.74) is 1.96. The van der Waals surface area contributed by atoms with Crippen molar-refractivity contribution >= 4 is 40.4 Å². The van der Waals surface area contributed by atoms with Crippen molar-refractivity contribution in [2.75, 3.05) is 4.90 Å². The molecule has 3 aromatic carbocycles. The molecule has 1 aliphatic rings. The van der Waals surface area contributed by atoms with Crippen LogP contribution in [-0.4, -0.2) is 21.7 Å². The molecular weight excluding hydrogens is 432 g/mol. The summed E-state index contributed by atoms with van der Waals surface area (Å²) in [6.45, 7) is 1.88. The molecule has 32 heavy (non-hydrogen) atoms. The zero-order valence-corrected chi connectivity index (χ0v) is 17.6. The molecular formula is C24H17ClN2O5. The third kappa shape index (κ3) is 3.74. The van der Waals surface area contributed by atoms with Crippen LogP contribution >= 0.6 is 11.6 Å². The van der Waals surface area contributed by atoms with Crippen LogP contribution in [0.4, 0.5) is 11.4 Å². The van der Waals surface area contributed by atoms with E-state index in [1.54, 1.807) is 36.4 Å². The lowest BCUT2D eigenvalue weighted by Gasteiger charge is -2.25. The molecule has 1 saturated heterocycles. The number of Topliss-reactive ketones (excluding diaryl/α,β-unsaturated/α-hetero) is 1. The average Bonchev–Trinajstić information content (AvgIpc) is 3.04. The number of aliphatic hydroxyl groups is 1. The number of carbonyl (C=O) groups excluding carboxylic acids is 2. The highest BCUT2D eigenvalue weighted by atomic mass is 35.5. The zero-order chi connectivity index (χ0) is 23.0. The van der Waals surface area contributed by atoms with Crippen molar-refractivity contribution in [3.05, 3.63) is 110 Å². The lowest BCUT2D eigenvalue weighted by molar-refractivity contribution is -0.384. The second kappa shape index (κ2) is 8.28. The normalized spacial score (nSPS) is 17.6. The number of carbonyl (C=O) groups is 2. The van der Waals surface area contributed by atoms with E-state index in [2.05, 4.69) is 0 Å². The molecule has 1 fully saturated rings. The molecule has 160 valence electrons. The predicted octanol–water partition coefficient (Wildman–Crippen LogP) is 5.18. The van der Waals surface area contributed by atoms with Crippen LogP contribution in [0.5, 0.6) is 0 Å². The number of amides is 1. The highest BCUT2D eigenvalue weighted by Crippen LogP contribution is 2.42. The maximum atomic E-state index is 13.1. The Morgan fingerprint density at radius 3 is 2.28 bits per heavy atom. The monoisotopic (exact) mass is 448 g/mol. The quantitative estimate of drug-likeness (QED) is 0.195. The number of nitro groups is 1. The Labute approximate surface area is 188 Å². The van der Waals surface area contributed by atoms with Gasteiger partial charge in [-0.3, -0.25) is 24.6 Å². The summed E-state index contributed by atoms with van der Waals surface area (Å²) < 4.78 is 0. The number of rotatable bonds is 4. The third-order valence-corrected chi connectivity index (χ3v) is 5.51. The summed E-state index contributed by atoms with van der Waals surface area (Å²) in [5, 5.41) is 22.5. The molecule has 1 atom stereocenters. The van der Waals surface area contributed by atoms with Gasteiger partial charge in [0.15, 0.2) is 0 Å². The molecule has 1 aliphatic heterocycles. The number of hydrogen-bond donors (Lipinski definition) is 1. The average molecular weight is 449 g/mol. The van der Waals surface area contributed by atoms with Crippen molar-refractivity contribution in [2.24, 2.45) is 0 Å². The van der Waals surface area contributed by atoms with Crippen molar-refractivity contribution < 1.29 is 19.6 Å². The SMILES string of the molecule is Cc1cccc(C2/C(=C(/O)c3ccc([N+](=O)[O-])cc3)C(=O)C(=O)N2c2ccc(Cl)cc2)c1. The van der Waals surface area contributed by atoms with E-state index in [1.165, 1.54) is 29.2 Å². The van der Waals surface area contributed by atoms with Gasteiger partial charge >= 0.3 is 0 Å². The molecule has 1 unspecified atom stereocenters. The summed E-state index contributed by atoms with van der Waals surface area (Å²) in [6.07, 6.45) is 0. The van der Waals surface area contributed by atoms with Gasteiger partial charge in [-0.25, -0.2) is 0 Å². The predicted molar refractivity (Wildman–Crippen MR) is 121 cm³/mol. The first-order valence-corrected chi connectivity index (χ1v) is 10.0. The lowest BCUT2D eigenvalue weighted by atomic mass is 9.94. The van der Waals surface area contributed by atoms with Crippen molar-refractivity contribution in [3.63, 3.8) is 0 Å². The molecule has 0 radical (unpaired) electrons. The van der Waals surface area contributed by atoms with Crippen molar-refractivity contribution in [3.8, 4) is 0 Å². The van der Waals surface area contributed by atoms with Gasteiger partial charge in [0.05, 0.1) is 16.5 Å². The standard InChI is InChI=1S/C24H17ClN2O5/c1-14-3-2-4-16(13-14)21-20(22(28)15-5-9-19(10-6-15)27(31)32)23(29)24(30)26(21)18-11-7-17(25)8-12-18/h2-13,21,28H,1H3/b22-20-. The highest BCUT2D eigenvalue weighted by Gasteiger charge is 2.47. The Balaban J connectivity index is 1.92. The number of anilines is 1. The van der Waals surface area contributed by atoms with Gasteiger partial charge in [0.2, 0.25) is 0 Å². The van der Waals surface area contributed by atoms with Gasteiger partial charge in [-0.05, 0) is 48.9 Å². The number of halogens is 1. The van der Waals surface area contributed by atoms with Crippen LogP contribution in [0.1, 0.15) is 22.7 Å². The van der Waals surface area contributed by atoms with Gasteiger partial charge in [-0.2, -0.15) is 0 Å². The van der Waals surface area contributed by atoms with Crippen LogP contribution < -0.4 is 4.90 Å². The molecule has 0 saturated carbocycles. The summed E-state index contributed by atoms with van der Waals surface area (Å²) in [4.78, 5) is 37.8. The minimum Gasteiger partial charge on any atom is -0.507 e. The summed E-state index contributed by atoms with van der Waals surface area (Å²) in [7, 11) is 0. The van der Waals surface area contributed by atoms with E-state index in [4.69, 9.17) is 11.6 Å². The van der Waals surface area contributed by atoms with E-state index in [0.29, 0.717) is 16.3 Å². The summed E-state index contributed by atoms with van der Waals surface area (Å²) in [5.74, 6) is -2.04. The number of ketones is 1. The van der Waals surface area contributed by atoms with E-state index in [0.717, 1.165) is 5.56 Å². The first-order chi connectivity index (χ1) is 15.3. The molecule has 1 amide bonds. The van der Waals surface area contributed by atoms with Crippen LogP contribution in [0.25, 0.3) is 5.76 Å². The second-order valence-corrected chi connectivity index (χ2v) is 7.80. The van der Waals surface area contributed by atoms with E-state index in [9.17, 15) is 24.8 Å². The Morgan fingerprint density at radius 1 is 1.03 bits per heavy atom. The van der Waals surface area contributed by atoms with Crippen LogP contribution in [-0.2, 0) is 9.59 Å². The van der Waals surface area contributed by atoms with Crippen LogP contribution in [0.3, 0.4) is 0 Å². The van der Waals surface area contributed by atoms with Crippen molar-refractivity contribution in [1.82, 2.24) is 0 Å². The second-order valence-electron chi connectivity index (χ2n) is 7.36. The zero-order valence-electron chi connectivity index (χ0n) is 16.9. The number of nitrogens with zero attached hydrogens (tertiary/aromatic N) is 2. The molecule has 1 N–H and O–H groups in total. The minimum absolute atomic E-state index is 0.0931. The van der Waals surface area contributed by atoms with Crippen LogP contribution in [0, 0.1) is 17.0 Å². The van der Waals surface area contributed by atoms with E-state index >= 15 is 0 Å². The Bertz CT molecular complexity index is 1270. The maximum Gasteiger partial charge on any atom is 0.300 e. The molecule has 0 spiro atoms. The molecule has 0 aromatic heterocycles. The van der Waals surface area contributed by atoms with Crippen LogP contribution in [0.15, 0.2) is 78.4 Å². The summed E-state index contributed by atoms with van der Waals surface area (Å²) in [6, 6.07) is 18.0. The molecule has 0 aliphatic carbocycles. The van der Waals surface area contributed by atoms with Crippen molar-refractivity contribution in [2.45, 2.75) is 13.0 Å². The summed E-state index contributed by atoms with van der Waals surface area (Å²) >= 11 is 5.98. The first kappa shape index (κ1) is 21.3. The number of benzene rings is 3. The highest BCUT2D eigenvalue weighted by molar-refractivity contribution is 6.51. The Hall–Kier alpha value is -3.97. The maximum absolute atomic E-state index is 13.1. The smallest absolute Gasteiger partial charge is 0.300 e. The lowest BCUT2D eigenvalue weighted by Crippen LogP contribution is -2.29. The van der Waals surface area contributed by atoms with Gasteiger partial charge < -0.3 is 5.11 Å². The topological polar surface area (TPSA) is 101 Å². The Morgan fingerprint density at radius 2 is 1.69 bits per heavy atom. The third-order valence-electron chi connectivity index (χ3n) is 5.26. The number of non-ortho nitro benzene ring substituents is 1. The van der Waals surface area contributed by atoms with Gasteiger partial charge in [-0.15, -0.1) is 0 Å².